The fraction of sp³-hybridized carbons (Fsp3) is 0.438. The number of alkyl halides is 3. The van der Waals surface area contributed by atoms with E-state index in [0.29, 0.717) is 18.9 Å². The van der Waals surface area contributed by atoms with Gasteiger partial charge in [0, 0.05) is 13.5 Å². The number of carbonyl (C=O) groups excluding carboxylic acids is 1. The van der Waals surface area contributed by atoms with Crippen molar-refractivity contribution in [3.8, 4) is 0 Å². The molecule has 0 aliphatic heterocycles. The quantitative estimate of drug-likeness (QED) is 0.824. The molecule has 0 saturated carbocycles. The summed E-state index contributed by atoms with van der Waals surface area (Å²) in [5.41, 5.74) is -0.913. The van der Waals surface area contributed by atoms with Crippen molar-refractivity contribution in [3.63, 3.8) is 0 Å². The van der Waals surface area contributed by atoms with E-state index in [-0.39, 0.29) is 11.5 Å². The summed E-state index contributed by atoms with van der Waals surface area (Å²) >= 11 is 0. The van der Waals surface area contributed by atoms with Crippen molar-refractivity contribution in [2.75, 3.05) is 13.7 Å². The lowest BCUT2D eigenvalue weighted by molar-refractivity contribution is -0.138. The first-order valence-electron chi connectivity index (χ1n) is 7.57. The molecule has 136 valence electrons. The fourth-order valence-electron chi connectivity index (χ4n) is 2.22. The maximum absolute atomic E-state index is 13.0. The van der Waals surface area contributed by atoms with Crippen LogP contribution in [0.25, 0.3) is 0 Å². The normalized spacial score (nSPS) is 12.8. The number of nitrogens with one attached hydrogen (secondary N) is 1. The predicted molar refractivity (Wildman–Crippen MR) is 81.6 cm³/mol. The molecule has 0 radical (unpaired) electrons. The molecular weight excluding hydrogens is 339 g/mol. The van der Waals surface area contributed by atoms with Gasteiger partial charge < -0.3 is 14.6 Å². The third-order valence-corrected chi connectivity index (χ3v) is 3.44. The number of ether oxygens (including phenoxy) is 1. The van der Waals surface area contributed by atoms with Crippen molar-refractivity contribution in [2.45, 2.75) is 32.0 Å². The van der Waals surface area contributed by atoms with Crippen LogP contribution in [0.1, 0.15) is 35.8 Å². The maximum atomic E-state index is 13.0. The highest BCUT2D eigenvalue weighted by atomic mass is 19.4. The molecule has 0 spiro atoms. The van der Waals surface area contributed by atoms with Gasteiger partial charge in [-0.2, -0.15) is 18.2 Å². The lowest BCUT2D eigenvalue weighted by Crippen LogP contribution is -2.29. The lowest BCUT2D eigenvalue weighted by Gasteiger charge is -2.14. The van der Waals surface area contributed by atoms with Crippen LogP contribution in [0.3, 0.4) is 0 Å². The summed E-state index contributed by atoms with van der Waals surface area (Å²) in [6, 6.07) is 4.36. The highest BCUT2D eigenvalue weighted by Gasteiger charge is 2.33. The van der Waals surface area contributed by atoms with Gasteiger partial charge in [-0.05, 0) is 18.6 Å². The van der Waals surface area contributed by atoms with Gasteiger partial charge in [0.1, 0.15) is 6.04 Å². The zero-order valence-electron chi connectivity index (χ0n) is 13.8. The van der Waals surface area contributed by atoms with E-state index < -0.39 is 30.1 Å². The number of nitrogens with zero attached hydrogens (tertiary/aromatic N) is 2. The number of benzene rings is 1. The first-order chi connectivity index (χ1) is 11.8. The van der Waals surface area contributed by atoms with E-state index in [0.717, 1.165) is 6.07 Å². The van der Waals surface area contributed by atoms with Crippen molar-refractivity contribution >= 4 is 5.91 Å². The minimum absolute atomic E-state index is 0.0917. The molecule has 1 N–H and O–H groups in total. The number of carbonyl (C=O) groups is 1. The van der Waals surface area contributed by atoms with E-state index in [1.165, 1.54) is 18.2 Å². The van der Waals surface area contributed by atoms with Crippen LogP contribution >= 0.6 is 0 Å². The first-order valence-corrected chi connectivity index (χ1v) is 7.57. The summed E-state index contributed by atoms with van der Waals surface area (Å²) in [6.45, 7) is 2.04. The average molecular weight is 357 g/mol. The molecule has 0 unspecified atom stereocenters. The molecule has 9 heteroatoms. The summed E-state index contributed by atoms with van der Waals surface area (Å²) in [4.78, 5) is 16.2. The Kier molecular flexibility index (Phi) is 6.13. The molecule has 0 aliphatic carbocycles. The van der Waals surface area contributed by atoms with E-state index in [4.69, 9.17) is 9.26 Å². The van der Waals surface area contributed by atoms with Crippen LogP contribution in [-0.2, 0) is 28.5 Å². The van der Waals surface area contributed by atoms with E-state index >= 15 is 0 Å². The minimum atomic E-state index is -4.51. The average Bonchev–Trinajstić information content (AvgIpc) is 3.01. The van der Waals surface area contributed by atoms with Gasteiger partial charge in [-0.1, -0.05) is 23.4 Å². The molecule has 1 aromatic heterocycles. The third kappa shape index (κ3) is 5.28. The molecule has 0 fully saturated rings. The van der Waals surface area contributed by atoms with Crippen molar-refractivity contribution in [1.82, 2.24) is 15.5 Å². The number of methoxy groups -OCH3 is 1. The Morgan fingerprint density at radius 3 is 2.76 bits per heavy atom. The topological polar surface area (TPSA) is 77.3 Å². The summed E-state index contributed by atoms with van der Waals surface area (Å²) in [6.07, 6.45) is -4.45. The molecule has 1 aromatic carbocycles. The molecule has 2 aromatic rings. The second-order valence-corrected chi connectivity index (χ2v) is 5.41. The Hall–Kier alpha value is -2.42. The second-order valence-electron chi connectivity index (χ2n) is 5.41. The standard InChI is InChI=1S/C16H18F3N3O3/c1-10(15-21-13(22-25-15)7-8-24-2)20-14(23)9-11-5-3-4-6-12(11)16(17,18)19/h3-6,10H,7-9H2,1-2H3,(H,20,23)/t10-/m0/s1. The van der Waals surface area contributed by atoms with Crippen LogP contribution in [0, 0.1) is 0 Å². The molecule has 25 heavy (non-hydrogen) atoms. The fourth-order valence-corrected chi connectivity index (χ4v) is 2.22. The summed E-state index contributed by atoms with van der Waals surface area (Å²) in [7, 11) is 1.54. The smallest absolute Gasteiger partial charge is 0.384 e. The van der Waals surface area contributed by atoms with Gasteiger partial charge in [-0.25, -0.2) is 0 Å². The molecule has 1 atom stereocenters. The monoisotopic (exact) mass is 357 g/mol. The van der Waals surface area contributed by atoms with Gasteiger partial charge in [0.05, 0.1) is 18.6 Å². The van der Waals surface area contributed by atoms with Crippen molar-refractivity contribution in [3.05, 3.63) is 47.1 Å². The number of hydrogen-bond acceptors (Lipinski definition) is 5. The van der Waals surface area contributed by atoms with Gasteiger partial charge in [0.25, 0.3) is 0 Å². The van der Waals surface area contributed by atoms with E-state index in [2.05, 4.69) is 15.5 Å². The van der Waals surface area contributed by atoms with Crippen molar-refractivity contribution < 1.29 is 27.2 Å². The van der Waals surface area contributed by atoms with Gasteiger partial charge in [-0.3, -0.25) is 4.79 Å². The third-order valence-electron chi connectivity index (χ3n) is 3.44. The van der Waals surface area contributed by atoms with Crippen LogP contribution in [0.15, 0.2) is 28.8 Å². The maximum Gasteiger partial charge on any atom is 0.416 e. The Morgan fingerprint density at radius 2 is 2.08 bits per heavy atom. The molecule has 2 rings (SSSR count). The number of aromatic nitrogens is 2. The SMILES string of the molecule is COCCc1noc([C@H](C)NC(=O)Cc2ccccc2C(F)(F)F)n1. The largest absolute Gasteiger partial charge is 0.416 e. The molecule has 1 amide bonds. The highest BCUT2D eigenvalue weighted by molar-refractivity contribution is 5.79. The van der Waals surface area contributed by atoms with Crippen LogP contribution in [0.4, 0.5) is 13.2 Å². The summed E-state index contributed by atoms with van der Waals surface area (Å²) < 4.78 is 48.8. The van der Waals surface area contributed by atoms with Crippen molar-refractivity contribution in [1.29, 1.82) is 0 Å². The second kappa shape index (κ2) is 8.11. The molecule has 0 bridgehead atoms. The summed E-state index contributed by atoms with van der Waals surface area (Å²) in [5, 5.41) is 6.31. The van der Waals surface area contributed by atoms with Crippen LogP contribution in [0.5, 0.6) is 0 Å². The molecule has 6 nitrogen and oxygen atoms in total. The number of rotatable bonds is 7. The Bertz CT molecular complexity index is 716. The Morgan fingerprint density at radius 1 is 1.36 bits per heavy atom. The van der Waals surface area contributed by atoms with E-state index in [9.17, 15) is 18.0 Å². The predicted octanol–water partition coefficient (Wildman–Crippen LogP) is 2.70. The van der Waals surface area contributed by atoms with Crippen LogP contribution in [-0.4, -0.2) is 29.8 Å². The minimum Gasteiger partial charge on any atom is -0.384 e. The molecular formula is C16H18F3N3O3. The number of amides is 1. The van der Waals surface area contributed by atoms with E-state index in [1.807, 2.05) is 0 Å². The number of hydrogen-bond donors (Lipinski definition) is 1. The van der Waals surface area contributed by atoms with Gasteiger partial charge >= 0.3 is 6.18 Å². The molecule has 0 saturated heterocycles. The zero-order chi connectivity index (χ0) is 18.4. The van der Waals surface area contributed by atoms with Gasteiger partial charge in [-0.15, -0.1) is 0 Å². The van der Waals surface area contributed by atoms with Crippen LogP contribution in [0.2, 0.25) is 0 Å². The summed E-state index contributed by atoms with van der Waals surface area (Å²) in [5.74, 6) is 0.0461. The highest BCUT2D eigenvalue weighted by Crippen LogP contribution is 2.32. The Balaban J connectivity index is 1.99. The molecule has 1 heterocycles. The van der Waals surface area contributed by atoms with Crippen molar-refractivity contribution in [2.24, 2.45) is 0 Å². The van der Waals surface area contributed by atoms with Gasteiger partial charge in [0.15, 0.2) is 5.82 Å². The van der Waals surface area contributed by atoms with Gasteiger partial charge in [0.2, 0.25) is 11.8 Å². The van der Waals surface area contributed by atoms with E-state index in [1.54, 1.807) is 14.0 Å². The van der Waals surface area contributed by atoms with Crippen LogP contribution < -0.4 is 5.32 Å². The molecule has 0 aliphatic rings. The number of halogens is 3. The zero-order valence-corrected chi connectivity index (χ0v) is 13.8. The first kappa shape index (κ1) is 18.9. The lowest BCUT2D eigenvalue weighted by atomic mass is 10.0. The Labute approximate surface area is 142 Å².